The van der Waals surface area contributed by atoms with Gasteiger partial charge in [-0.25, -0.2) is 0 Å². The van der Waals surface area contributed by atoms with Gasteiger partial charge >= 0.3 is 0 Å². The molecular weight excluding hydrogens is 490 g/mol. The van der Waals surface area contributed by atoms with E-state index in [9.17, 15) is 9.59 Å². The van der Waals surface area contributed by atoms with Crippen LogP contribution >= 0.6 is 11.8 Å². The first-order valence-corrected chi connectivity index (χ1v) is 13.0. The summed E-state index contributed by atoms with van der Waals surface area (Å²) in [6.45, 7) is 0.553. The van der Waals surface area contributed by atoms with Crippen molar-refractivity contribution in [1.29, 1.82) is 0 Å². The Hall–Kier alpha value is -3.01. The average molecular weight is 520 g/mol. The lowest BCUT2D eigenvalue weighted by Gasteiger charge is -2.48. The van der Waals surface area contributed by atoms with Crippen molar-refractivity contribution in [3.8, 4) is 0 Å². The van der Waals surface area contributed by atoms with Crippen molar-refractivity contribution in [1.82, 2.24) is 4.90 Å². The van der Waals surface area contributed by atoms with E-state index in [1.807, 2.05) is 60.7 Å². The van der Waals surface area contributed by atoms with Gasteiger partial charge in [0.1, 0.15) is 29.8 Å². The summed E-state index contributed by atoms with van der Waals surface area (Å²) in [7, 11) is 3.19. The predicted octanol–water partition coefficient (Wildman–Crippen LogP) is 4.42. The number of ether oxygens (including phenoxy) is 4. The van der Waals surface area contributed by atoms with E-state index in [2.05, 4.69) is 0 Å². The van der Waals surface area contributed by atoms with Gasteiger partial charge in [0.25, 0.3) is 11.8 Å². The molecule has 0 aliphatic carbocycles. The summed E-state index contributed by atoms with van der Waals surface area (Å²) in [4.78, 5) is 29.5. The molecule has 7 nitrogen and oxygen atoms in total. The Bertz CT molecular complexity index is 1190. The molecule has 1 fully saturated rings. The van der Waals surface area contributed by atoms with Crippen LogP contribution in [-0.2, 0) is 25.6 Å². The van der Waals surface area contributed by atoms with Crippen LogP contribution in [0.1, 0.15) is 26.3 Å². The summed E-state index contributed by atoms with van der Waals surface area (Å²) in [5.74, 6) is -0.720. The minimum atomic E-state index is -0.751. The van der Waals surface area contributed by atoms with Crippen LogP contribution < -0.4 is 0 Å². The molecule has 192 valence electrons. The smallest absolute Gasteiger partial charge is 0.262 e. The zero-order chi connectivity index (χ0) is 25.8. The monoisotopic (exact) mass is 519 g/mol. The second kappa shape index (κ2) is 11.6. The molecule has 1 saturated heterocycles. The largest absolute Gasteiger partial charge is 0.382 e. The normalized spacial score (nSPS) is 25.4. The molecule has 2 aliphatic rings. The van der Waals surface area contributed by atoms with Gasteiger partial charge in [0.2, 0.25) is 0 Å². The van der Waals surface area contributed by atoms with Gasteiger partial charge in [0.15, 0.2) is 0 Å². The third-order valence-corrected chi connectivity index (χ3v) is 7.79. The Morgan fingerprint density at radius 3 is 2.00 bits per heavy atom. The second-order valence-corrected chi connectivity index (χ2v) is 10.1. The van der Waals surface area contributed by atoms with E-state index in [1.54, 1.807) is 38.5 Å². The van der Waals surface area contributed by atoms with Crippen molar-refractivity contribution >= 4 is 23.6 Å². The van der Waals surface area contributed by atoms with Crippen molar-refractivity contribution < 1.29 is 28.5 Å². The van der Waals surface area contributed by atoms with Crippen LogP contribution in [0.5, 0.6) is 0 Å². The van der Waals surface area contributed by atoms with Crippen LogP contribution in [0.15, 0.2) is 89.8 Å². The minimum Gasteiger partial charge on any atom is -0.382 e. The third-order valence-electron chi connectivity index (χ3n) is 6.62. The number of thioether (sulfide) groups is 1. The molecule has 0 unspecified atom stereocenters. The van der Waals surface area contributed by atoms with E-state index in [0.29, 0.717) is 11.1 Å². The lowest BCUT2D eigenvalue weighted by molar-refractivity contribution is -0.210. The number of hydrogen-bond donors (Lipinski definition) is 0. The molecular formula is C29H29NO6S. The fraction of sp³-hybridized carbons (Fsp3) is 0.310. The van der Waals surface area contributed by atoms with Crippen molar-refractivity contribution in [3.63, 3.8) is 0 Å². The molecule has 3 aromatic carbocycles. The highest BCUT2D eigenvalue weighted by Crippen LogP contribution is 2.40. The van der Waals surface area contributed by atoms with E-state index in [1.165, 1.54) is 16.7 Å². The number of nitrogens with zero attached hydrogens (tertiary/aromatic N) is 1. The van der Waals surface area contributed by atoms with Crippen molar-refractivity contribution in [3.05, 3.63) is 102 Å². The molecule has 0 radical (unpaired) electrons. The standard InChI is InChI=1S/C29H29NO6S/c1-33-18-23-25(34-2)26(35-17-19-11-5-3-6-12-19)24(29(36-23)37-20-13-7-4-8-14-20)30-27(31)21-15-9-10-16-22(21)28(30)32/h3-16,23-26,29H,17-18H2,1-2H3/t23-,24-,25+,26-,29+/m1/s1. The fourth-order valence-corrected chi connectivity index (χ4v) is 6.11. The van der Waals surface area contributed by atoms with Gasteiger partial charge < -0.3 is 18.9 Å². The van der Waals surface area contributed by atoms with Crippen LogP contribution in [0.3, 0.4) is 0 Å². The zero-order valence-electron chi connectivity index (χ0n) is 20.7. The summed E-state index contributed by atoms with van der Waals surface area (Å²) in [6.07, 6.45) is -1.71. The number of hydrogen-bond acceptors (Lipinski definition) is 7. The highest BCUT2D eigenvalue weighted by Gasteiger charge is 2.54. The third kappa shape index (κ3) is 5.21. The Kier molecular flexibility index (Phi) is 8.02. The van der Waals surface area contributed by atoms with E-state index in [-0.39, 0.29) is 25.0 Å². The van der Waals surface area contributed by atoms with Crippen molar-refractivity contribution in [2.45, 2.75) is 41.3 Å². The molecule has 0 N–H and O–H groups in total. The lowest BCUT2D eigenvalue weighted by atomic mass is 9.96. The van der Waals surface area contributed by atoms with E-state index >= 15 is 0 Å². The van der Waals surface area contributed by atoms with Gasteiger partial charge in [-0.2, -0.15) is 0 Å². The minimum absolute atomic E-state index is 0.268. The highest BCUT2D eigenvalue weighted by atomic mass is 32.2. The van der Waals surface area contributed by atoms with Gasteiger partial charge in [-0.05, 0) is 29.8 Å². The van der Waals surface area contributed by atoms with E-state index in [4.69, 9.17) is 18.9 Å². The first-order chi connectivity index (χ1) is 18.1. The van der Waals surface area contributed by atoms with Crippen molar-refractivity contribution in [2.24, 2.45) is 0 Å². The number of imide groups is 1. The van der Waals surface area contributed by atoms with Crippen LogP contribution in [0.2, 0.25) is 0 Å². The van der Waals surface area contributed by atoms with Gasteiger partial charge in [-0.3, -0.25) is 14.5 Å². The van der Waals surface area contributed by atoms with Gasteiger partial charge in [-0.15, -0.1) is 0 Å². The zero-order valence-corrected chi connectivity index (χ0v) is 21.5. The molecule has 37 heavy (non-hydrogen) atoms. The topological polar surface area (TPSA) is 74.3 Å². The Morgan fingerprint density at radius 1 is 0.811 bits per heavy atom. The maximum absolute atomic E-state index is 13.6. The summed E-state index contributed by atoms with van der Waals surface area (Å²) in [5.41, 5.74) is 1.12. The molecule has 2 aliphatic heterocycles. The maximum Gasteiger partial charge on any atom is 0.262 e. The average Bonchev–Trinajstić information content (AvgIpc) is 3.18. The number of rotatable bonds is 9. The number of amides is 2. The first kappa shape index (κ1) is 25.6. The highest BCUT2D eigenvalue weighted by molar-refractivity contribution is 7.99. The van der Waals surface area contributed by atoms with Gasteiger partial charge in [0.05, 0.1) is 24.3 Å². The van der Waals surface area contributed by atoms with E-state index in [0.717, 1.165) is 10.5 Å². The summed E-state index contributed by atoms with van der Waals surface area (Å²) < 4.78 is 24.4. The summed E-state index contributed by atoms with van der Waals surface area (Å²) in [6, 6.07) is 25.7. The van der Waals surface area contributed by atoms with Gasteiger partial charge in [-0.1, -0.05) is 72.4 Å². The lowest BCUT2D eigenvalue weighted by Crippen LogP contribution is -2.65. The van der Waals surface area contributed by atoms with Crippen LogP contribution in [0.25, 0.3) is 0 Å². The Morgan fingerprint density at radius 2 is 1.41 bits per heavy atom. The van der Waals surface area contributed by atoms with Crippen LogP contribution in [-0.4, -0.2) is 67.3 Å². The number of methoxy groups -OCH3 is 2. The predicted molar refractivity (Wildman–Crippen MR) is 139 cm³/mol. The summed E-state index contributed by atoms with van der Waals surface area (Å²) >= 11 is 1.45. The second-order valence-electron chi connectivity index (χ2n) is 8.91. The van der Waals surface area contributed by atoms with E-state index < -0.39 is 29.8 Å². The van der Waals surface area contributed by atoms with Crippen molar-refractivity contribution in [2.75, 3.05) is 20.8 Å². The molecule has 8 heteroatoms. The number of carbonyl (C=O) groups is 2. The summed E-state index contributed by atoms with van der Waals surface area (Å²) in [5, 5.41) is 0. The molecule has 5 rings (SSSR count). The van der Waals surface area contributed by atoms with Crippen LogP contribution in [0, 0.1) is 0 Å². The molecule has 0 spiro atoms. The fourth-order valence-electron chi connectivity index (χ4n) is 4.91. The maximum atomic E-state index is 13.6. The number of carbonyl (C=O) groups excluding carboxylic acids is 2. The Labute approximate surface area is 220 Å². The molecule has 0 aromatic heterocycles. The Balaban J connectivity index is 1.56. The SMILES string of the molecule is COC[C@H]1O[C@@H](Sc2ccccc2)[C@H](N2C(=O)c3ccccc3C2=O)[C@@H](OCc2ccccc2)[C@H]1OC. The molecule has 5 atom stereocenters. The first-order valence-electron chi connectivity index (χ1n) is 12.1. The molecule has 2 heterocycles. The van der Waals surface area contributed by atoms with Crippen LogP contribution in [0.4, 0.5) is 0 Å². The number of fused-ring (bicyclic) bond motifs is 1. The molecule has 2 amide bonds. The van der Waals surface area contributed by atoms with Gasteiger partial charge in [0, 0.05) is 19.1 Å². The quantitative estimate of drug-likeness (QED) is 0.388. The molecule has 0 saturated carbocycles. The molecule has 3 aromatic rings. The molecule has 0 bridgehead atoms. The number of benzene rings is 3.